The van der Waals surface area contributed by atoms with Gasteiger partial charge in [-0.05, 0) is 57.7 Å². The van der Waals surface area contributed by atoms with E-state index in [1.54, 1.807) is 20.8 Å². The molecule has 9 heteroatoms. The number of hydrogen-bond donors (Lipinski definition) is 1. The molecule has 4 rings (SSSR count). The van der Waals surface area contributed by atoms with Crippen molar-refractivity contribution in [2.24, 2.45) is 0 Å². The number of hydrogen-bond acceptors (Lipinski definition) is 5. The normalized spacial score (nSPS) is 12.6. The lowest BCUT2D eigenvalue weighted by atomic mass is 10.1. The number of carbonyl (C=O) groups is 1. The number of nitrogens with zero attached hydrogens (tertiary/aromatic N) is 1. The quantitative estimate of drug-likeness (QED) is 0.346. The molecule has 0 aliphatic rings. The second-order valence-corrected chi connectivity index (χ2v) is 16.9. The Balaban J connectivity index is 1.93. The van der Waals surface area contributed by atoms with Crippen molar-refractivity contribution in [3.05, 3.63) is 90.9 Å². The molecule has 6 nitrogen and oxygen atoms in total. The van der Waals surface area contributed by atoms with E-state index in [9.17, 15) is 14.4 Å². The summed E-state index contributed by atoms with van der Waals surface area (Å²) in [5.74, 6) is -0.629. The minimum absolute atomic E-state index is 0.387. The lowest BCUT2D eigenvalue weighted by molar-refractivity contribution is -0.144. The third-order valence-corrected chi connectivity index (χ3v) is 13.6. The van der Waals surface area contributed by atoms with Crippen molar-refractivity contribution in [1.29, 1.82) is 0 Å². The summed E-state index contributed by atoms with van der Waals surface area (Å²) in [6.07, 6.45) is 0. The van der Waals surface area contributed by atoms with Crippen LogP contribution in [-0.4, -0.2) is 23.8 Å². The number of aryl methyl sites for hydroxylation is 1. The fraction of sp³-hybridized carbons (Fsp3) is 0.296. The summed E-state index contributed by atoms with van der Waals surface area (Å²) in [5.41, 5.74) is -2.00. The third kappa shape index (κ3) is 4.13. The molecule has 0 atom stereocenters. The number of rotatable bonds is 5. The number of H-pyrrole nitrogens is 1. The van der Waals surface area contributed by atoms with Gasteiger partial charge in [-0.3, -0.25) is 14.6 Å². The molecule has 36 heavy (non-hydrogen) atoms. The van der Waals surface area contributed by atoms with Crippen LogP contribution in [0.25, 0.3) is 10.2 Å². The van der Waals surface area contributed by atoms with Crippen molar-refractivity contribution in [1.82, 2.24) is 9.55 Å². The van der Waals surface area contributed by atoms with Crippen molar-refractivity contribution < 1.29 is 9.22 Å². The first-order valence-corrected chi connectivity index (χ1v) is 15.1. The van der Waals surface area contributed by atoms with Gasteiger partial charge in [0.2, 0.25) is 0 Å². The molecule has 1 N–H and O–H groups in total. The average molecular weight is 586 g/mol. The molecular weight excluding hydrogens is 556 g/mol. The second-order valence-electron chi connectivity index (χ2n) is 10.4. The summed E-state index contributed by atoms with van der Waals surface area (Å²) >= 11 is 4.73. The predicted molar refractivity (Wildman–Crippen MR) is 152 cm³/mol. The van der Waals surface area contributed by atoms with Gasteiger partial charge in [-0.1, -0.05) is 81.4 Å². The van der Waals surface area contributed by atoms with E-state index >= 15 is 0 Å². The molecule has 0 amide bonds. The van der Waals surface area contributed by atoms with Gasteiger partial charge in [0.05, 0.1) is 9.17 Å². The van der Waals surface area contributed by atoms with Crippen molar-refractivity contribution in [2.45, 2.75) is 52.1 Å². The third-order valence-electron chi connectivity index (χ3n) is 6.65. The number of halogens is 1. The van der Waals surface area contributed by atoms with Crippen LogP contribution in [0, 0.1) is 6.92 Å². The predicted octanol–water partition coefficient (Wildman–Crippen LogP) is 4.66. The van der Waals surface area contributed by atoms with Crippen LogP contribution in [0.1, 0.15) is 40.2 Å². The molecule has 2 heterocycles. The molecule has 0 aliphatic heterocycles. The first-order chi connectivity index (χ1) is 16.8. The van der Waals surface area contributed by atoms with Gasteiger partial charge < -0.3 is 4.43 Å². The highest BCUT2D eigenvalue weighted by Crippen LogP contribution is 2.38. The molecule has 0 bridgehead atoms. The maximum absolute atomic E-state index is 14.1. The Labute approximate surface area is 223 Å². The molecule has 0 unspecified atom stereocenters. The summed E-state index contributed by atoms with van der Waals surface area (Å²) in [7, 11) is -3.23. The van der Waals surface area contributed by atoms with E-state index in [4.69, 9.17) is 4.43 Å². The first-order valence-electron chi connectivity index (χ1n) is 11.6. The van der Waals surface area contributed by atoms with Crippen LogP contribution in [0.3, 0.4) is 0 Å². The highest BCUT2D eigenvalue weighted by Gasteiger charge is 2.55. The van der Waals surface area contributed by atoms with Crippen molar-refractivity contribution in [2.75, 3.05) is 0 Å². The molecule has 188 valence electrons. The Bertz CT molecular complexity index is 1510. The van der Waals surface area contributed by atoms with E-state index < -0.39 is 36.1 Å². The number of aromatic nitrogens is 2. The van der Waals surface area contributed by atoms with E-state index in [1.807, 2.05) is 60.7 Å². The second kappa shape index (κ2) is 9.28. The van der Waals surface area contributed by atoms with E-state index in [-0.39, 0.29) is 0 Å². The summed E-state index contributed by atoms with van der Waals surface area (Å²) in [6, 6.07) is 19.6. The minimum Gasteiger partial charge on any atom is -0.508 e. The Morgan fingerprint density at radius 1 is 0.944 bits per heavy atom. The average Bonchev–Trinajstić information content (AvgIpc) is 3.10. The lowest BCUT2D eigenvalue weighted by Gasteiger charge is -2.43. The van der Waals surface area contributed by atoms with Gasteiger partial charge in [-0.2, -0.15) is 0 Å². The standard InChI is InChI=1S/C27H29BrN2O4SSi/c1-17-20-22(35-21(17)28)29-25(33)30(23(20)31)27(5,6)24(32)34-36(26(2,3)4,18-13-9-7-10-14-18)19-15-11-8-12-16-19/h7-16H,1-6H3,(H,29,33). The number of carbonyl (C=O) groups excluding carboxylic acids is 1. The van der Waals surface area contributed by atoms with Gasteiger partial charge in [0.1, 0.15) is 10.4 Å². The van der Waals surface area contributed by atoms with Crippen LogP contribution < -0.4 is 21.6 Å². The Hall–Kier alpha value is -2.75. The zero-order chi connectivity index (χ0) is 26.5. The van der Waals surface area contributed by atoms with Crippen molar-refractivity contribution in [3.63, 3.8) is 0 Å². The van der Waals surface area contributed by atoms with Gasteiger partial charge in [-0.15, -0.1) is 11.3 Å². The van der Waals surface area contributed by atoms with Gasteiger partial charge in [0.25, 0.3) is 5.56 Å². The zero-order valence-corrected chi connectivity index (χ0v) is 24.5. The van der Waals surface area contributed by atoms with Crippen LogP contribution in [0.4, 0.5) is 0 Å². The fourth-order valence-corrected chi connectivity index (χ4v) is 10.8. The van der Waals surface area contributed by atoms with Gasteiger partial charge in [-0.25, -0.2) is 9.36 Å². The highest BCUT2D eigenvalue weighted by atomic mass is 79.9. The van der Waals surface area contributed by atoms with Crippen LogP contribution in [0.2, 0.25) is 5.04 Å². The number of thiophene rings is 1. The zero-order valence-electron chi connectivity index (χ0n) is 21.1. The van der Waals surface area contributed by atoms with Gasteiger partial charge in [0, 0.05) is 0 Å². The highest BCUT2D eigenvalue weighted by molar-refractivity contribution is 9.11. The van der Waals surface area contributed by atoms with Crippen LogP contribution in [0.5, 0.6) is 0 Å². The van der Waals surface area contributed by atoms with Crippen LogP contribution in [-0.2, 0) is 14.8 Å². The molecule has 2 aromatic carbocycles. The topological polar surface area (TPSA) is 81.2 Å². The summed E-state index contributed by atoms with van der Waals surface area (Å²) in [6.45, 7) is 11.1. The molecule has 0 saturated heterocycles. The molecule has 2 aromatic heterocycles. The van der Waals surface area contributed by atoms with E-state index in [1.165, 1.54) is 11.3 Å². The summed E-state index contributed by atoms with van der Waals surface area (Å²) in [4.78, 5) is 44.0. The molecule has 0 aliphatic carbocycles. The Morgan fingerprint density at radius 3 is 1.92 bits per heavy atom. The van der Waals surface area contributed by atoms with Gasteiger partial charge in [0.15, 0.2) is 0 Å². The first kappa shape index (κ1) is 26.3. The van der Waals surface area contributed by atoms with Gasteiger partial charge >= 0.3 is 20.0 Å². The number of nitrogens with one attached hydrogen (secondary N) is 1. The number of benzene rings is 2. The van der Waals surface area contributed by atoms with Crippen molar-refractivity contribution in [3.8, 4) is 0 Å². The SMILES string of the molecule is Cc1c(Br)sc2[nH]c(=O)n(C(C)(C)C(=O)O[Si](c3ccccc3)(c3ccccc3)C(C)(C)C)c(=O)c12. The fourth-order valence-electron chi connectivity index (χ4n) is 4.70. The molecule has 0 fully saturated rings. The minimum atomic E-state index is -3.23. The molecular formula is C27H29BrN2O4SSi. The number of aromatic amines is 1. The van der Waals surface area contributed by atoms with E-state index in [2.05, 4.69) is 41.7 Å². The molecule has 0 spiro atoms. The Morgan fingerprint density at radius 2 is 1.44 bits per heavy atom. The summed E-state index contributed by atoms with van der Waals surface area (Å²) in [5, 5.41) is 1.81. The Kier molecular flexibility index (Phi) is 6.78. The van der Waals surface area contributed by atoms with Crippen LogP contribution >= 0.6 is 27.3 Å². The lowest BCUT2D eigenvalue weighted by Crippen LogP contribution is -2.69. The molecule has 0 saturated carbocycles. The smallest absolute Gasteiger partial charge is 0.330 e. The van der Waals surface area contributed by atoms with Crippen LogP contribution in [0.15, 0.2) is 74.0 Å². The van der Waals surface area contributed by atoms with Crippen molar-refractivity contribution >= 4 is 62.1 Å². The van der Waals surface area contributed by atoms with E-state index in [0.29, 0.717) is 10.2 Å². The van der Waals surface area contributed by atoms with E-state index in [0.717, 1.165) is 24.3 Å². The summed E-state index contributed by atoms with van der Waals surface area (Å²) < 4.78 is 8.38. The maximum atomic E-state index is 14.1. The maximum Gasteiger partial charge on any atom is 0.330 e. The molecule has 4 aromatic rings. The number of fused-ring (bicyclic) bond motifs is 1. The molecule has 0 radical (unpaired) electrons. The largest absolute Gasteiger partial charge is 0.508 e. The monoisotopic (exact) mass is 584 g/mol.